The number of benzene rings is 2. The molecule has 0 saturated heterocycles. The molecule has 1 heterocycles. The SMILES string of the molecule is CN(C)C(=O)CNC(=O)c1cc(-c2ccc(Cl)cc2)nc2ccccc12. The third-order valence-electron chi connectivity index (χ3n) is 4.00. The van der Waals surface area contributed by atoms with Crippen LogP contribution in [0.2, 0.25) is 5.02 Å². The van der Waals surface area contributed by atoms with Crippen molar-refractivity contribution >= 4 is 34.3 Å². The summed E-state index contributed by atoms with van der Waals surface area (Å²) in [5, 5.41) is 4.05. The molecule has 26 heavy (non-hydrogen) atoms. The van der Waals surface area contributed by atoms with Gasteiger partial charge in [-0.2, -0.15) is 0 Å². The molecule has 0 atom stereocenters. The number of carbonyl (C=O) groups is 2. The lowest BCUT2D eigenvalue weighted by Gasteiger charge is -2.13. The molecular weight excluding hydrogens is 350 g/mol. The Morgan fingerprint density at radius 1 is 1.08 bits per heavy atom. The summed E-state index contributed by atoms with van der Waals surface area (Å²) in [6.45, 7) is -0.0568. The van der Waals surface area contributed by atoms with Gasteiger partial charge in [0.25, 0.3) is 5.91 Å². The maximum atomic E-state index is 12.7. The number of amides is 2. The van der Waals surface area contributed by atoms with E-state index < -0.39 is 0 Å². The molecule has 2 amide bonds. The Kier molecular flexibility index (Phi) is 5.19. The van der Waals surface area contributed by atoms with Crippen molar-refractivity contribution < 1.29 is 9.59 Å². The minimum Gasteiger partial charge on any atom is -0.347 e. The monoisotopic (exact) mass is 367 g/mol. The molecule has 6 heteroatoms. The van der Waals surface area contributed by atoms with E-state index in [1.54, 1.807) is 32.3 Å². The molecule has 0 radical (unpaired) electrons. The number of aromatic nitrogens is 1. The predicted molar refractivity (Wildman–Crippen MR) is 103 cm³/mol. The number of likely N-dealkylation sites (N-methyl/N-ethyl adjacent to an activating group) is 1. The molecule has 132 valence electrons. The van der Waals surface area contributed by atoms with E-state index in [1.165, 1.54) is 4.90 Å². The lowest BCUT2D eigenvalue weighted by Crippen LogP contribution is -2.36. The summed E-state index contributed by atoms with van der Waals surface area (Å²) in [5.74, 6) is -0.483. The first-order valence-corrected chi connectivity index (χ1v) is 8.47. The van der Waals surface area contributed by atoms with Gasteiger partial charge in [0.05, 0.1) is 23.3 Å². The minimum atomic E-state index is -0.311. The Balaban J connectivity index is 2.01. The quantitative estimate of drug-likeness (QED) is 0.769. The average Bonchev–Trinajstić information content (AvgIpc) is 2.65. The zero-order valence-corrected chi connectivity index (χ0v) is 15.2. The van der Waals surface area contributed by atoms with E-state index in [-0.39, 0.29) is 18.4 Å². The van der Waals surface area contributed by atoms with E-state index in [4.69, 9.17) is 11.6 Å². The number of rotatable bonds is 4. The first-order chi connectivity index (χ1) is 12.5. The van der Waals surface area contributed by atoms with Crippen LogP contribution in [0.25, 0.3) is 22.2 Å². The molecule has 0 aliphatic carbocycles. The zero-order valence-electron chi connectivity index (χ0n) is 14.5. The fourth-order valence-corrected chi connectivity index (χ4v) is 2.67. The smallest absolute Gasteiger partial charge is 0.252 e. The zero-order chi connectivity index (χ0) is 18.7. The molecule has 0 aliphatic heterocycles. The topological polar surface area (TPSA) is 62.3 Å². The molecule has 0 saturated carbocycles. The second-order valence-electron chi connectivity index (χ2n) is 6.05. The number of fused-ring (bicyclic) bond motifs is 1. The maximum Gasteiger partial charge on any atom is 0.252 e. The fraction of sp³-hybridized carbons (Fsp3) is 0.150. The van der Waals surface area contributed by atoms with Crippen molar-refractivity contribution in [1.29, 1.82) is 0 Å². The summed E-state index contributed by atoms with van der Waals surface area (Å²) in [5.41, 5.74) is 2.72. The summed E-state index contributed by atoms with van der Waals surface area (Å²) in [6, 6.07) is 16.4. The van der Waals surface area contributed by atoms with Crippen molar-refractivity contribution in [2.24, 2.45) is 0 Å². The van der Waals surface area contributed by atoms with Gasteiger partial charge in [-0.15, -0.1) is 0 Å². The molecule has 3 aromatic rings. The summed E-state index contributed by atoms with van der Waals surface area (Å²) in [6.07, 6.45) is 0. The maximum absolute atomic E-state index is 12.7. The van der Waals surface area contributed by atoms with Crippen molar-refractivity contribution in [3.05, 3.63) is 65.2 Å². The van der Waals surface area contributed by atoms with E-state index in [9.17, 15) is 9.59 Å². The van der Waals surface area contributed by atoms with Crippen LogP contribution in [-0.4, -0.2) is 42.3 Å². The average molecular weight is 368 g/mol. The predicted octanol–water partition coefficient (Wildman–Crippen LogP) is 3.37. The Bertz CT molecular complexity index is 968. The van der Waals surface area contributed by atoms with Crippen molar-refractivity contribution in [3.63, 3.8) is 0 Å². The summed E-state index contributed by atoms with van der Waals surface area (Å²) >= 11 is 5.95. The number of halogens is 1. The van der Waals surface area contributed by atoms with Crippen molar-refractivity contribution in [1.82, 2.24) is 15.2 Å². The van der Waals surface area contributed by atoms with E-state index in [0.717, 1.165) is 10.9 Å². The van der Waals surface area contributed by atoms with Crippen LogP contribution in [-0.2, 0) is 4.79 Å². The summed E-state index contributed by atoms with van der Waals surface area (Å²) in [4.78, 5) is 30.5. The molecule has 0 aliphatic rings. The van der Waals surface area contributed by atoms with Gasteiger partial charge in [-0.25, -0.2) is 4.98 Å². The molecule has 0 spiro atoms. The highest BCUT2D eigenvalue weighted by atomic mass is 35.5. The number of hydrogen-bond donors (Lipinski definition) is 1. The molecule has 1 N–H and O–H groups in total. The fourth-order valence-electron chi connectivity index (χ4n) is 2.54. The Morgan fingerprint density at radius 2 is 1.77 bits per heavy atom. The highest BCUT2D eigenvalue weighted by Gasteiger charge is 2.15. The molecule has 0 fully saturated rings. The van der Waals surface area contributed by atoms with Gasteiger partial charge in [-0.3, -0.25) is 9.59 Å². The van der Waals surface area contributed by atoms with E-state index in [2.05, 4.69) is 10.3 Å². The molecule has 1 aromatic heterocycles. The second kappa shape index (κ2) is 7.54. The van der Waals surface area contributed by atoms with Crippen molar-refractivity contribution in [3.8, 4) is 11.3 Å². The van der Waals surface area contributed by atoms with Crippen LogP contribution in [0, 0.1) is 0 Å². The molecule has 0 bridgehead atoms. The van der Waals surface area contributed by atoms with Crippen LogP contribution in [0.15, 0.2) is 54.6 Å². The van der Waals surface area contributed by atoms with Gasteiger partial charge in [0.1, 0.15) is 0 Å². The lowest BCUT2D eigenvalue weighted by molar-refractivity contribution is -0.127. The van der Waals surface area contributed by atoms with Gasteiger partial charge in [0.2, 0.25) is 5.91 Å². The van der Waals surface area contributed by atoms with Crippen LogP contribution >= 0.6 is 11.6 Å². The van der Waals surface area contributed by atoms with Gasteiger partial charge in [-0.1, -0.05) is 41.9 Å². The standard InChI is InChI=1S/C20H18ClN3O2/c1-24(2)19(25)12-22-20(26)16-11-18(13-7-9-14(21)10-8-13)23-17-6-4-3-5-15(16)17/h3-11H,12H2,1-2H3,(H,22,26). The van der Waals surface area contributed by atoms with Crippen LogP contribution in [0.4, 0.5) is 0 Å². The minimum absolute atomic E-state index is 0.0568. The number of para-hydroxylation sites is 1. The van der Waals surface area contributed by atoms with Gasteiger partial charge in [0, 0.05) is 30.1 Å². The highest BCUT2D eigenvalue weighted by Crippen LogP contribution is 2.25. The molecule has 0 unspecified atom stereocenters. The number of nitrogens with zero attached hydrogens (tertiary/aromatic N) is 2. The van der Waals surface area contributed by atoms with Crippen molar-refractivity contribution in [2.45, 2.75) is 0 Å². The van der Waals surface area contributed by atoms with E-state index >= 15 is 0 Å². The van der Waals surface area contributed by atoms with Gasteiger partial charge in [0.15, 0.2) is 0 Å². The van der Waals surface area contributed by atoms with Crippen LogP contribution in [0.3, 0.4) is 0 Å². The Hall–Kier alpha value is -2.92. The second-order valence-corrected chi connectivity index (χ2v) is 6.49. The van der Waals surface area contributed by atoms with Crippen LogP contribution < -0.4 is 5.32 Å². The lowest BCUT2D eigenvalue weighted by atomic mass is 10.0. The molecule has 5 nitrogen and oxygen atoms in total. The van der Waals surface area contributed by atoms with E-state index in [0.29, 0.717) is 21.8 Å². The Labute approximate surface area is 156 Å². The normalized spacial score (nSPS) is 10.6. The molecule has 2 aromatic carbocycles. The third kappa shape index (κ3) is 3.83. The third-order valence-corrected chi connectivity index (χ3v) is 4.25. The molecular formula is C20H18ClN3O2. The summed E-state index contributed by atoms with van der Waals surface area (Å²) < 4.78 is 0. The van der Waals surface area contributed by atoms with Crippen LogP contribution in [0.5, 0.6) is 0 Å². The molecule has 3 rings (SSSR count). The number of pyridine rings is 1. The first-order valence-electron chi connectivity index (χ1n) is 8.10. The van der Waals surface area contributed by atoms with Gasteiger partial charge >= 0.3 is 0 Å². The van der Waals surface area contributed by atoms with E-state index in [1.807, 2.05) is 36.4 Å². The Morgan fingerprint density at radius 3 is 2.46 bits per heavy atom. The van der Waals surface area contributed by atoms with Gasteiger partial charge < -0.3 is 10.2 Å². The first kappa shape index (κ1) is 17.9. The van der Waals surface area contributed by atoms with Gasteiger partial charge in [-0.05, 0) is 24.3 Å². The number of nitrogens with one attached hydrogen (secondary N) is 1. The number of carbonyl (C=O) groups excluding carboxylic acids is 2. The van der Waals surface area contributed by atoms with Crippen molar-refractivity contribution in [2.75, 3.05) is 20.6 Å². The number of hydrogen-bond acceptors (Lipinski definition) is 3. The van der Waals surface area contributed by atoms with Crippen LogP contribution in [0.1, 0.15) is 10.4 Å². The summed E-state index contributed by atoms with van der Waals surface area (Å²) in [7, 11) is 3.30. The largest absolute Gasteiger partial charge is 0.347 e. The highest BCUT2D eigenvalue weighted by molar-refractivity contribution is 6.30.